The van der Waals surface area contributed by atoms with Gasteiger partial charge in [0, 0.05) is 16.9 Å². The number of methoxy groups -OCH3 is 2. The molecule has 2 fully saturated rings. The lowest BCUT2D eigenvalue weighted by Gasteiger charge is -2.34. The molecular weight excluding hydrogens is 476 g/mol. The first-order chi connectivity index (χ1) is 18.5. The van der Waals surface area contributed by atoms with E-state index in [1.54, 1.807) is 6.08 Å². The molecule has 0 unspecified atom stereocenters. The van der Waals surface area contributed by atoms with E-state index in [0.29, 0.717) is 6.42 Å². The highest BCUT2D eigenvalue weighted by Gasteiger charge is 2.42. The molecule has 6 heteroatoms. The minimum Gasteiger partial charge on any atom is -0.469 e. The van der Waals surface area contributed by atoms with Crippen molar-refractivity contribution in [1.82, 2.24) is 10.6 Å². The third-order valence-electron chi connectivity index (χ3n) is 8.75. The van der Waals surface area contributed by atoms with Crippen LogP contribution in [0, 0.1) is 0 Å². The van der Waals surface area contributed by atoms with Crippen LogP contribution in [-0.4, -0.2) is 52.3 Å². The summed E-state index contributed by atoms with van der Waals surface area (Å²) in [4.78, 5) is 23.1. The first-order valence-corrected chi connectivity index (χ1v) is 13.7. The second kappa shape index (κ2) is 11.3. The Morgan fingerprint density at radius 3 is 2.08 bits per heavy atom. The molecule has 2 saturated heterocycles. The molecule has 0 amide bonds. The fourth-order valence-corrected chi connectivity index (χ4v) is 6.81. The highest BCUT2D eigenvalue weighted by molar-refractivity contribution is 5.93. The maximum atomic E-state index is 11.6. The number of esters is 2. The highest BCUT2D eigenvalue weighted by atomic mass is 16.5. The Morgan fingerprint density at radius 1 is 0.816 bits per heavy atom. The molecule has 2 spiro atoms. The van der Waals surface area contributed by atoms with Crippen LogP contribution in [0.4, 0.5) is 0 Å². The number of benzene rings is 2. The third kappa shape index (κ3) is 5.07. The zero-order valence-corrected chi connectivity index (χ0v) is 22.5. The minimum atomic E-state index is -0.254. The van der Waals surface area contributed by atoms with Crippen molar-refractivity contribution in [3.63, 3.8) is 0 Å². The number of rotatable bonds is 3. The monoisotopic (exact) mass is 514 g/mol. The first-order valence-electron chi connectivity index (χ1n) is 13.7. The van der Waals surface area contributed by atoms with E-state index in [2.05, 4.69) is 53.1 Å². The number of piperidine rings is 2. The summed E-state index contributed by atoms with van der Waals surface area (Å²) in [5, 5.41) is 6.84. The summed E-state index contributed by atoms with van der Waals surface area (Å²) in [6.45, 7) is 4.19. The molecule has 6 rings (SSSR count). The summed E-state index contributed by atoms with van der Waals surface area (Å²) in [6.07, 6.45) is 9.81. The summed E-state index contributed by atoms with van der Waals surface area (Å²) in [5.41, 5.74) is 7.87. The van der Waals surface area contributed by atoms with E-state index in [1.165, 1.54) is 36.5 Å². The average molecular weight is 515 g/mol. The molecule has 2 aliphatic heterocycles. The molecule has 0 atom stereocenters. The summed E-state index contributed by atoms with van der Waals surface area (Å²) in [7, 11) is 2.88. The van der Waals surface area contributed by atoms with Gasteiger partial charge in [-0.2, -0.15) is 0 Å². The number of ether oxygens (including phenoxy) is 2. The topological polar surface area (TPSA) is 76.7 Å². The lowest BCUT2D eigenvalue weighted by atomic mass is 9.74. The molecule has 6 nitrogen and oxygen atoms in total. The first kappa shape index (κ1) is 26.4. The summed E-state index contributed by atoms with van der Waals surface area (Å²) in [6, 6.07) is 17.0. The Labute approximate surface area is 225 Å². The Balaban J connectivity index is 0.000000155. The lowest BCUT2D eigenvalue weighted by Crippen LogP contribution is -2.38. The van der Waals surface area contributed by atoms with Crippen LogP contribution >= 0.6 is 0 Å². The highest BCUT2D eigenvalue weighted by Crippen LogP contribution is 2.50. The number of carbonyl (C=O) groups excluding carboxylic acids is 2. The quantitative estimate of drug-likeness (QED) is 0.463. The molecule has 0 bridgehead atoms. The summed E-state index contributed by atoms with van der Waals surface area (Å²) in [5.74, 6) is -0.414. The van der Waals surface area contributed by atoms with Gasteiger partial charge in [-0.3, -0.25) is 4.79 Å². The van der Waals surface area contributed by atoms with Crippen LogP contribution in [0.5, 0.6) is 0 Å². The van der Waals surface area contributed by atoms with Gasteiger partial charge in [0.15, 0.2) is 0 Å². The van der Waals surface area contributed by atoms with E-state index < -0.39 is 0 Å². The maximum absolute atomic E-state index is 11.6. The van der Waals surface area contributed by atoms with Gasteiger partial charge < -0.3 is 20.1 Å². The van der Waals surface area contributed by atoms with E-state index >= 15 is 0 Å². The Hall–Kier alpha value is -3.22. The molecule has 2 heterocycles. The predicted octanol–water partition coefficient (Wildman–Crippen LogP) is 4.54. The Morgan fingerprint density at radius 2 is 1.42 bits per heavy atom. The zero-order valence-electron chi connectivity index (χ0n) is 22.5. The van der Waals surface area contributed by atoms with Crippen molar-refractivity contribution in [3.05, 3.63) is 82.9 Å². The maximum Gasteiger partial charge on any atom is 0.330 e. The van der Waals surface area contributed by atoms with Crippen molar-refractivity contribution in [3.8, 4) is 0 Å². The van der Waals surface area contributed by atoms with Gasteiger partial charge >= 0.3 is 11.9 Å². The number of fused-ring (bicyclic) bond motifs is 4. The fraction of sp³-hybridized carbons (Fsp3) is 0.438. The minimum absolute atomic E-state index is 0.130. The second-order valence-corrected chi connectivity index (χ2v) is 10.8. The van der Waals surface area contributed by atoms with Gasteiger partial charge in [0.05, 0.1) is 20.6 Å². The van der Waals surface area contributed by atoms with Gasteiger partial charge in [0.1, 0.15) is 0 Å². The van der Waals surface area contributed by atoms with Crippen LogP contribution < -0.4 is 10.6 Å². The molecule has 2 N–H and O–H groups in total. The molecule has 0 aromatic heterocycles. The van der Waals surface area contributed by atoms with E-state index in [0.717, 1.165) is 69.4 Å². The summed E-state index contributed by atoms with van der Waals surface area (Å²) < 4.78 is 9.59. The number of hydrogen-bond donors (Lipinski definition) is 2. The molecule has 0 radical (unpaired) electrons. The Kier molecular flexibility index (Phi) is 7.82. The van der Waals surface area contributed by atoms with Gasteiger partial charge in [0.25, 0.3) is 0 Å². The van der Waals surface area contributed by atoms with Gasteiger partial charge in [-0.25, -0.2) is 4.79 Å². The van der Waals surface area contributed by atoms with E-state index in [-0.39, 0.29) is 22.8 Å². The van der Waals surface area contributed by atoms with Crippen LogP contribution in [0.3, 0.4) is 0 Å². The number of allylic oxidation sites excluding steroid dienone is 2. The fourth-order valence-electron chi connectivity index (χ4n) is 6.81. The van der Waals surface area contributed by atoms with E-state index in [9.17, 15) is 9.59 Å². The van der Waals surface area contributed by atoms with Gasteiger partial charge in [-0.05, 0) is 91.7 Å². The SMILES string of the molecule is COC(=O)C=C1CC2(CCNCC2)c2ccccc21.COC(=O)CC1=CC2(CCNCC2)c2ccccc21. The molecule has 200 valence electrons. The van der Waals surface area contributed by atoms with E-state index in [1.807, 2.05) is 12.1 Å². The van der Waals surface area contributed by atoms with Crippen molar-refractivity contribution in [2.75, 3.05) is 40.4 Å². The van der Waals surface area contributed by atoms with Crippen LogP contribution in [0.2, 0.25) is 0 Å². The van der Waals surface area contributed by atoms with Crippen LogP contribution in [0.15, 0.2) is 60.7 Å². The molecule has 0 saturated carbocycles. The second-order valence-electron chi connectivity index (χ2n) is 10.8. The van der Waals surface area contributed by atoms with Crippen molar-refractivity contribution >= 4 is 23.1 Å². The zero-order chi connectivity index (χ0) is 26.6. The molecule has 4 aliphatic rings. The lowest BCUT2D eigenvalue weighted by molar-refractivity contribution is -0.139. The Bertz CT molecular complexity index is 1250. The largest absolute Gasteiger partial charge is 0.469 e. The van der Waals surface area contributed by atoms with Crippen LogP contribution in [-0.2, 0) is 29.9 Å². The van der Waals surface area contributed by atoms with Gasteiger partial charge in [0.2, 0.25) is 0 Å². The molecular formula is C32H38N2O4. The number of nitrogens with one attached hydrogen (secondary N) is 2. The average Bonchev–Trinajstić information content (AvgIpc) is 3.41. The van der Waals surface area contributed by atoms with Gasteiger partial charge in [-0.1, -0.05) is 54.6 Å². The van der Waals surface area contributed by atoms with E-state index in [4.69, 9.17) is 9.47 Å². The van der Waals surface area contributed by atoms with Gasteiger partial charge in [-0.15, -0.1) is 0 Å². The van der Waals surface area contributed by atoms with Crippen molar-refractivity contribution in [2.24, 2.45) is 0 Å². The number of hydrogen-bond acceptors (Lipinski definition) is 6. The third-order valence-corrected chi connectivity index (χ3v) is 8.75. The molecule has 38 heavy (non-hydrogen) atoms. The van der Waals surface area contributed by atoms with Crippen molar-refractivity contribution in [2.45, 2.75) is 49.4 Å². The van der Waals surface area contributed by atoms with Crippen LogP contribution in [0.25, 0.3) is 11.1 Å². The normalized spacial score (nSPS) is 21.2. The van der Waals surface area contributed by atoms with Crippen molar-refractivity contribution < 1.29 is 19.1 Å². The molecule has 2 aliphatic carbocycles. The number of carbonyl (C=O) groups is 2. The summed E-state index contributed by atoms with van der Waals surface area (Å²) >= 11 is 0. The van der Waals surface area contributed by atoms with Crippen LogP contribution in [0.1, 0.15) is 60.8 Å². The molecule has 2 aromatic rings. The van der Waals surface area contributed by atoms with Crippen molar-refractivity contribution in [1.29, 1.82) is 0 Å². The standard InChI is InChI=1S/2C16H19NO2/c2*1-19-15(18)10-12-11-16(6-8-17-9-7-16)14-5-3-2-4-13(12)14/h2-5,11,17H,6-10H2,1H3;2-5,10,17H,6-9,11H2,1H3. The molecule has 2 aromatic carbocycles. The smallest absolute Gasteiger partial charge is 0.330 e. The predicted molar refractivity (Wildman–Crippen MR) is 150 cm³/mol.